The Kier molecular flexibility index (Phi) is 3.12. The van der Waals surface area contributed by atoms with Crippen molar-refractivity contribution >= 4 is 26.7 Å². The second kappa shape index (κ2) is 4.85. The summed E-state index contributed by atoms with van der Waals surface area (Å²) >= 11 is 3.96. The molecule has 2 aromatic rings. The molecule has 3 unspecified atom stereocenters. The first-order valence-electron chi connectivity index (χ1n) is 7.55. The molecule has 0 spiro atoms. The van der Waals surface area contributed by atoms with Crippen LogP contribution in [0.2, 0.25) is 0 Å². The maximum Gasteiger partial charge on any atom is 0.0589 e. The molecule has 1 aliphatic heterocycles. The van der Waals surface area contributed by atoms with Gasteiger partial charge in [-0.1, -0.05) is 46.3 Å². The maximum absolute atomic E-state index is 5.75. The minimum Gasteiger partial charge on any atom is -0.378 e. The standard InChI is InChI=1S/C18H19BrO/c1-11-14(9-10-20-11)18(19)16-8-7-13-6-5-12-3-2-4-15(16)17(12)13/h2-4,7-8,11,14,18H,5-6,9-10H2,1H3. The third kappa shape index (κ3) is 1.85. The van der Waals surface area contributed by atoms with Gasteiger partial charge in [0.05, 0.1) is 6.10 Å². The van der Waals surface area contributed by atoms with Crippen LogP contribution < -0.4 is 0 Å². The first-order valence-corrected chi connectivity index (χ1v) is 8.46. The van der Waals surface area contributed by atoms with E-state index in [0.717, 1.165) is 13.0 Å². The molecule has 1 aliphatic carbocycles. The molecule has 1 saturated heterocycles. The first kappa shape index (κ1) is 12.8. The lowest BCUT2D eigenvalue weighted by atomic mass is 9.90. The van der Waals surface area contributed by atoms with Crippen molar-refractivity contribution in [2.45, 2.75) is 37.1 Å². The van der Waals surface area contributed by atoms with Gasteiger partial charge in [0.1, 0.15) is 0 Å². The first-order chi connectivity index (χ1) is 9.75. The number of rotatable bonds is 2. The van der Waals surface area contributed by atoms with Crippen molar-refractivity contribution < 1.29 is 4.74 Å². The largest absolute Gasteiger partial charge is 0.378 e. The highest BCUT2D eigenvalue weighted by Crippen LogP contribution is 2.44. The fourth-order valence-corrected chi connectivity index (χ4v) is 4.97. The lowest BCUT2D eigenvalue weighted by molar-refractivity contribution is 0.105. The van der Waals surface area contributed by atoms with E-state index in [9.17, 15) is 0 Å². The van der Waals surface area contributed by atoms with Gasteiger partial charge in [-0.25, -0.2) is 0 Å². The molecule has 2 heteroatoms. The number of aryl methyl sites for hydroxylation is 2. The van der Waals surface area contributed by atoms with E-state index in [1.807, 2.05) is 0 Å². The van der Waals surface area contributed by atoms with Crippen molar-refractivity contribution in [3.63, 3.8) is 0 Å². The van der Waals surface area contributed by atoms with Crippen molar-refractivity contribution in [1.82, 2.24) is 0 Å². The van der Waals surface area contributed by atoms with E-state index >= 15 is 0 Å². The quantitative estimate of drug-likeness (QED) is 0.718. The number of benzene rings is 2. The molecule has 0 amide bonds. The van der Waals surface area contributed by atoms with Gasteiger partial charge in [-0.05, 0) is 53.6 Å². The topological polar surface area (TPSA) is 9.23 Å². The van der Waals surface area contributed by atoms with E-state index in [2.05, 4.69) is 53.2 Å². The molecule has 0 saturated carbocycles. The van der Waals surface area contributed by atoms with Crippen LogP contribution in [0.5, 0.6) is 0 Å². The predicted molar refractivity (Wildman–Crippen MR) is 86.5 cm³/mol. The van der Waals surface area contributed by atoms with Gasteiger partial charge >= 0.3 is 0 Å². The highest BCUT2D eigenvalue weighted by atomic mass is 79.9. The zero-order valence-electron chi connectivity index (χ0n) is 11.7. The van der Waals surface area contributed by atoms with Crippen molar-refractivity contribution in [2.24, 2.45) is 5.92 Å². The number of alkyl halides is 1. The Labute approximate surface area is 128 Å². The van der Waals surface area contributed by atoms with Gasteiger partial charge in [0, 0.05) is 17.4 Å². The fraction of sp³-hybridized carbons (Fsp3) is 0.444. The SMILES string of the molecule is CC1OCCC1C(Br)c1ccc2c3c(cccc13)CC2. The van der Waals surface area contributed by atoms with Gasteiger partial charge < -0.3 is 4.74 Å². The van der Waals surface area contributed by atoms with Crippen molar-refractivity contribution in [3.05, 3.63) is 47.0 Å². The summed E-state index contributed by atoms with van der Waals surface area (Å²) in [5.74, 6) is 0.577. The summed E-state index contributed by atoms with van der Waals surface area (Å²) in [5, 5.41) is 2.96. The van der Waals surface area contributed by atoms with Crippen LogP contribution in [0.15, 0.2) is 30.3 Å². The van der Waals surface area contributed by atoms with Crippen LogP contribution in [0.3, 0.4) is 0 Å². The summed E-state index contributed by atoms with van der Waals surface area (Å²) in [6.07, 6.45) is 3.90. The van der Waals surface area contributed by atoms with Crippen LogP contribution in [-0.2, 0) is 17.6 Å². The van der Waals surface area contributed by atoms with E-state index in [-0.39, 0.29) is 0 Å². The zero-order valence-corrected chi connectivity index (χ0v) is 13.3. The summed E-state index contributed by atoms with van der Waals surface area (Å²) in [5.41, 5.74) is 4.49. The minimum atomic E-state index is 0.349. The van der Waals surface area contributed by atoms with Gasteiger partial charge in [0.2, 0.25) is 0 Å². The lowest BCUT2D eigenvalue weighted by Gasteiger charge is -2.22. The van der Waals surface area contributed by atoms with Gasteiger partial charge in [0.15, 0.2) is 0 Å². The predicted octanol–water partition coefficient (Wildman–Crippen LogP) is 4.80. The van der Waals surface area contributed by atoms with Gasteiger partial charge in [-0.15, -0.1) is 0 Å². The van der Waals surface area contributed by atoms with Crippen molar-refractivity contribution in [1.29, 1.82) is 0 Å². The molecule has 1 fully saturated rings. The summed E-state index contributed by atoms with van der Waals surface area (Å²) in [7, 11) is 0. The van der Waals surface area contributed by atoms with E-state index in [1.54, 1.807) is 0 Å². The Morgan fingerprint density at radius 1 is 1.15 bits per heavy atom. The van der Waals surface area contributed by atoms with Gasteiger partial charge in [-0.3, -0.25) is 0 Å². The normalized spacial score (nSPS) is 26.3. The molecule has 3 atom stereocenters. The molecule has 1 heterocycles. The Morgan fingerprint density at radius 2 is 1.95 bits per heavy atom. The summed E-state index contributed by atoms with van der Waals surface area (Å²) in [6.45, 7) is 3.10. The minimum absolute atomic E-state index is 0.349. The Balaban J connectivity index is 1.85. The smallest absolute Gasteiger partial charge is 0.0589 e. The van der Waals surface area contributed by atoms with Crippen LogP contribution in [0, 0.1) is 5.92 Å². The fourth-order valence-electron chi connectivity index (χ4n) is 3.87. The van der Waals surface area contributed by atoms with Crippen LogP contribution in [0.1, 0.15) is 34.9 Å². The third-order valence-corrected chi connectivity index (χ3v) is 6.19. The maximum atomic E-state index is 5.75. The average molecular weight is 331 g/mol. The number of ether oxygens (including phenoxy) is 1. The Morgan fingerprint density at radius 3 is 2.70 bits per heavy atom. The van der Waals surface area contributed by atoms with Gasteiger partial charge in [-0.2, -0.15) is 0 Å². The highest BCUT2D eigenvalue weighted by Gasteiger charge is 2.32. The molecule has 0 radical (unpaired) electrons. The van der Waals surface area contributed by atoms with Gasteiger partial charge in [0.25, 0.3) is 0 Å². The van der Waals surface area contributed by atoms with Crippen LogP contribution in [0.4, 0.5) is 0 Å². The number of halogens is 1. The molecule has 0 bridgehead atoms. The summed E-state index contributed by atoms with van der Waals surface area (Å²) in [6, 6.07) is 11.5. The molecule has 104 valence electrons. The highest BCUT2D eigenvalue weighted by molar-refractivity contribution is 9.09. The molecule has 0 N–H and O–H groups in total. The van der Waals surface area contributed by atoms with Crippen LogP contribution >= 0.6 is 15.9 Å². The molecule has 2 aromatic carbocycles. The monoisotopic (exact) mass is 330 g/mol. The Bertz CT molecular complexity index is 654. The van der Waals surface area contributed by atoms with Crippen molar-refractivity contribution in [2.75, 3.05) is 6.61 Å². The number of hydrogen-bond acceptors (Lipinski definition) is 1. The molecule has 1 nitrogen and oxygen atoms in total. The second-order valence-electron chi connectivity index (χ2n) is 6.08. The summed E-state index contributed by atoms with van der Waals surface area (Å²) < 4.78 is 5.75. The van der Waals surface area contributed by atoms with E-state index in [4.69, 9.17) is 4.74 Å². The molecule has 2 aliphatic rings. The Hall–Kier alpha value is -0.860. The zero-order chi connectivity index (χ0) is 13.7. The number of hydrogen-bond donors (Lipinski definition) is 0. The molecule has 20 heavy (non-hydrogen) atoms. The van der Waals surface area contributed by atoms with Crippen LogP contribution in [0.25, 0.3) is 10.8 Å². The molecule has 4 rings (SSSR count). The summed E-state index contributed by atoms with van der Waals surface area (Å²) in [4.78, 5) is 0.393. The average Bonchev–Trinajstić information content (AvgIpc) is 3.07. The van der Waals surface area contributed by atoms with E-state index in [0.29, 0.717) is 16.8 Å². The second-order valence-corrected chi connectivity index (χ2v) is 7.07. The van der Waals surface area contributed by atoms with E-state index in [1.165, 1.54) is 40.3 Å². The molecule has 0 aromatic heterocycles. The molecular formula is C18H19BrO. The molecular weight excluding hydrogens is 312 g/mol. The van der Waals surface area contributed by atoms with Crippen molar-refractivity contribution in [3.8, 4) is 0 Å². The van der Waals surface area contributed by atoms with E-state index < -0.39 is 0 Å². The third-order valence-electron chi connectivity index (χ3n) is 5.02. The van der Waals surface area contributed by atoms with Crippen LogP contribution in [-0.4, -0.2) is 12.7 Å². The lowest BCUT2D eigenvalue weighted by Crippen LogP contribution is -2.16.